The first-order valence-electron chi connectivity index (χ1n) is 6.04. The molecule has 1 aromatic carbocycles. The average Bonchev–Trinajstić information content (AvgIpc) is 2.35. The number of nitrogen functional groups attached to an aromatic ring is 1. The number of nitrogens with two attached hydrogens (primary N) is 1. The third-order valence-corrected chi connectivity index (χ3v) is 3.56. The lowest BCUT2D eigenvalue weighted by atomic mass is 10.1. The number of amides is 1. The number of anilines is 1. The molecule has 0 atom stereocenters. The highest BCUT2D eigenvalue weighted by molar-refractivity contribution is 6.43. The Morgan fingerprint density at radius 1 is 1.42 bits per heavy atom. The second kappa shape index (κ2) is 6.98. The van der Waals surface area contributed by atoms with Crippen LogP contribution in [0.2, 0.25) is 10.0 Å². The van der Waals surface area contributed by atoms with Gasteiger partial charge in [-0.3, -0.25) is 4.79 Å². The van der Waals surface area contributed by atoms with E-state index in [2.05, 4.69) is 0 Å². The molecule has 3 N–H and O–H groups in total. The Morgan fingerprint density at radius 2 is 2.05 bits per heavy atom. The zero-order valence-electron chi connectivity index (χ0n) is 11.0. The van der Waals surface area contributed by atoms with Crippen LogP contribution in [0.25, 0.3) is 0 Å². The Morgan fingerprint density at radius 3 is 2.53 bits per heavy atom. The molecule has 1 aromatic rings. The standard InChI is InChI=1S/C13H18Cl2N2O2/c1-8(2)17(4-3-5-18)13(19)9-6-10(14)12(15)11(16)7-9/h6-8,18H,3-5,16H2,1-2H3. The summed E-state index contributed by atoms with van der Waals surface area (Å²) in [7, 11) is 0. The molecule has 0 aliphatic heterocycles. The predicted molar refractivity (Wildman–Crippen MR) is 78.7 cm³/mol. The molecule has 0 heterocycles. The fourth-order valence-corrected chi connectivity index (χ4v) is 2.07. The van der Waals surface area contributed by atoms with Gasteiger partial charge in [0.05, 0.1) is 15.7 Å². The molecule has 0 unspecified atom stereocenters. The highest BCUT2D eigenvalue weighted by Gasteiger charge is 2.20. The van der Waals surface area contributed by atoms with Crippen molar-refractivity contribution in [3.63, 3.8) is 0 Å². The van der Waals surface area contributed by atoms with E-state index < -0.39 is 0 Å². The van der Waals surface area contributed by atoms with E-state index in [0.29, 0.717) is 18.5 Å². The van der Waals surface area contributed by atoms with Gasteiger partial charge in [-0.1, -0.05) is 23.2 Å². The van der Waals surface area contributed by atoms with Crippen LogP contribution in [0.5, 0.6) is 0 Å². The largest absolute Gasteiger partial charge is 0.397 e. The summed E-state index contributed by atoms with van der Waals surface area (Å²) in [5.41, 5.74) is 6.39. The van der Waals surface area contributed by atoms with Crippen LogP contribution < -0.4 is 5.73 Å². The van der Waals surface area contributed by atoms with Gasteiger partial charge in [-0.05, 0) is 32.4 Å². The van der Waals surface area contributed by atoms with Crippen molar-refractivity contribution in [2.75, 3.05) is 18.9 Å². The first kappa shape index (κ1) is 16.1. The average molecular weight is 305 g/mol. The second-order valence-corrected chi connectivity index (χ2v) is 5.32. The van der Waals surface area contributed by atoms with Crippen LogP contribution in [0, 0.1) is 0 Å². The van der Waals surface area contributed by atoms with Gasteiger partial charge < -0.3 is 15.7 Å². The summed E-state index contributed by atoms with van der Waals surface area (Å²) in [4.78, 5) is 14.1. The SMILES string of the molecule is CC(C)N(CCCO)C(=O)c1cc(N)c(Cl)c(Cl)c1. The van der Waals surface area contributed by atoms with Gasteiger partial charge in [0.15, 0.2) is 0 Å². The number of rotatable bonds is 5. The van der Waals surface area contributed by atoms with Crippen LogP contribution in [0.3, 0.4) is 0 Å². The number of carbonyl (C=O) groups excluding carboxylic acids is 1. The Kier molecular flexibility index (Phi) is 5.91. The number of halogens is 2. The summed E-state index contributed by atoms with van der Waals surface area (Å²) in [5, 5.41) is 9.39. The van der Waals surface area contributed by atoms with Crippen LogP contribution in [0.4, 0.5) is 5.69 Å². The maximum absolute atomic E-state index is 12.4. The molecule has 1 rings (SSSR count). The van der Waals surface area contributed by atoms with Gasteiger partial charge in [0, 0.05) is 24.8 Å². The smallest absolute Gasteiger partial charge is 0.254 e. The monoisotopic (exact) mass is 304 g/mol. The third-order valence-electron chi connectivity index (χ3n) is 2.74. The van der Waals surface area contributed by atoms with Crippen LogP contribution in [-0.4, -0.2) is 35.1 Å². The van der Waals surface area contributed by atoms with Gasteiger partial charge in [0.1, 0.15) is 0 Å². The van der Waals surface area contributed by atoms with Gasteiger partial charge in [-0.15, -0.1) is 0 Å². The van der Waals surface area contributed by atoms with Crippen molar-refractivity contribution >= 4 is 34.8 Å². The molecule has 106 valence electrons. The summed E-state index contributed by atoms with van der Waals surface area (Å²) in [6, 6.07) is 3.05. The fraction of sp³-hybridized carbons (Fsp3) is 0.462. The van der Waals surface area contributed by atoms with Crippen molar-refractivity contribution in [2.24, 2.45) is 0 Å². The molecule has 6 heteroatoms. The first-order chi connectivity index (χ1) is 8.88. The number of nitrogens with zero attached hydrogens (tertiary/aromatic N) is 1. The second-order valence-electron chi connectivity index (χ2n) is 4.53. The van der Waals surface area contributed by atoms with E-state index in [0.717, 1.165) is 0 Å². The van der Waals surface area contributed by atoms with Gasteiger partial charge in [0.25, 0.3) is 5.91 Å². The van der Waals surface area contributed by atoms with E-state index in [1.807, 2.05) is 13.8 Å². The summed E-state index contributed by atoms with van der Waals surface area (Å²) >= 11 is 11.8. The Hall–Kier alpha value is -0.970. The number of aliphatic hydroxyl groups is 1. The minimum atomic E-state index is -0.172. The van der Waals surface area contributed by atoms with Gasteiger partial charge in [-0.2, -0.15) is 0 Å². The maximum Gasteiger partial charge on any atom is 0.254 e. The normalized spacial score (nSPS) is 10.8. The van der Waals surface area contributed by atoms with Gasteiger partial charge >= 0.3 is 0 Å². The van der Waals surface area contributed by atoms with Gasteiger partial charge in [0.2, 0.25) is 0 Å². The molecule has 4 nitrogen and oxygen atoms in total. The summed E-state index contributed by atoms with van der Waals surface area (Å²) in [5.74, 6) is -0.172. The molecule has 0 aliphatic rings. The highest BCUT2D eigenvalue weighted by atomic mass is 35.5. The van der Waals surface area contributed by atoms with Crippen molar-refractivity contribution in [3.05, 3.63) is 27.7 Å². The van der Waals surface area contributed by atoms with Crippen molar-refractivity contribution in [3.8, 4) is 0 Å². The highest BCUT2D eigenvalue weighted by Crippen LogP contribution is 2.30. The molecular weight excluding hydrogens is 287 g/mol. The predicted octanol–water partition coefficient (Wildman–Crippen LogP) is 2.81. The minimum absolute atomic E-state index is 0.0229. The lowest BCUT2D eigenvalue weighted by molar-refractivity contribution is 0.0693. The molecule has 0 bridgehead atoms. The lowest BCUT2D eigenvalue weighted by Gasteiger charge is -2.27. The molecule has 0 aliphatic carbocycles. The Bertz CT molecular complexity index is 441. The maximum atomic E-state index is 12.4. The van der Waals surface area contributed by atoms with E-state index in [1.54, 1.807) is 4.90 Å². The summed E-state index contributed by atoms with van der Waals surface area (Å²) in [6.45, 7) is 4.35. The van der Waals surface area contributed by atoms with Crippen molar-refractivity contribution in [2.45, 2.75) is 26.3 Å². The topological polar surface area (TPSA) is 66.6 Å². The zero-order valence-corrected chi connectivity index (χ0v) is 12.5. The Balaban J connectivity index is 3.03. The molecule has 0 radical (unpaired) electrons. The van der Waals surface area contributed by atoms with Crippen LogP contribution in [0.1, 0.15) is 30.6 Å². The number of aliphatic hydroxyl groups excluding tert-OH is 1. The number of hydrogen-bond donors (Lipinski definition) is 2. The third kappa shape index (κ3) is 4.00. The van der Waals surface area contributed by atoms with Crippen LogP contribution in [-0.2, 0) is 0 Å². The first-order valence-corrected chi connectivity index (χ1v) is 6.80. The fourth-order valence-electron chi connectivity index (χ4n) is 1.73. The van der Waals surface area contributed by atoms with Crippen LogP contribution >= 0.6 is 23.2 Å². The molecule has 0 saturated heterocycles. The van der Waals surface area contributed by atoms with E-state index in [4.69, 9.17) is 34.0 Å². The van der Waals surface area contributed by atoms with E-state index in [-0.39, 0.29) is 34.3 Å². The molecule has 0 saturated carbocycles. The summed E-state index contributed by atoms with van der Waals surface area (Å²) < 4.78 is 0. The van der Waals surface area contributed by atoms with Crippen molar-refractivity contribution < 1.29 is 9.90 Å². The molecule has 0 aromatic heterocycles. The number of hydrogen-bond acceptors (Lipinski definition) is 3. The van der Waals surface area contributed by atoms with E-state index >= 15 is 0 Å². The molecule has 0 spiro atoms. The number of carbonyl (C=O) groups is 1. The van der Waals surface area contributed by atoms with Crippen LogP contribution in [0.15, 0.2) is 12.1 Å². The van der Waals surface area contributed by atoms with E-state index in [1.165, 1.54) is 12.1 Å². The van der Waals surface area contributed by atoms with Gasteiger partial charge in [-0.25, -0.2) is 0 Å². The zero-order chi connectivity index (χ0) is 14.6. The molecule has 1 amide bonds. The van der Waals surface area contributed by atoms with E-state index in [9.17, 15) is 4.79 Å². The molecule has 0 fully saturated rings. The molecule has 19 heavy (non-hydrogen) atoms. The van der Waals surface area contributed by atoms with Crippen molar-refractivity contribution in [1.82, 2.24) is 4.90 Å². The lowest BCUT2D eigenvalue weighted by Crippen LogP contribution is -2.38. The molecular formula is C13H18Cl2N2O2. The minimum Gasteiger partial charge on any atom is -0.397 e. The number of benzene rings is 1. The summed E-state index contributed by atoms with van der Waals surface area (Å²) in [6.07, 6.45) is 0.528. The quantitative estimate of drug-likeness (QED) is 0.822. The van der Waals surface area contributed by atoms with Crippen molar-refractivity contribution in [1.29, 1.82) is 0 Å². The Labute approximate surface area is 123 Å².